The third-order valence-electron chi connectivity index (χ3n) is 5.25. The molecule has 0 N–H and O–H groups in total. The highest BCUT2D eigenvalue weighted by Crippen LogP contribution is 2.43. The Balaban J connectivity index is 1.72. The van der Waals surface area contributed by atoms with Gasteiger partial charge in [-0.25, -0.2) is 0 Å². The summed E-state index contributed by atoms with van der Waals surface area (Å²) >= 11 is 1.72. The summed E-state index contributed by atoms with van der Waals surface area (Å²) in [7, 11) is 1.46. The minimum absolute atomic E-state index is 0.108. The summed E-state index contributed by atoms with van der Waals surface area (Å²) in [6, 6.07) is 10.2. The number of carbonyl (C=O) groups is 1. The lowest BCUT2D eigenvalue weighted by Crippen LogP contribution is -2.17. The summed E-state index contributed by atoms with van der Waals surface area (Å²) < 4.78 is 7.10. The van der Waals surface area contributed by atoms with Gasteiger partial charge >= 0.3 is 5.97 Å². The van der Waals surface area contributed by atoms with Gasteiger partial charge in [-0.05, 0) is 25.3 Å². The first-order valence-electron chi connectivity index (χ1n) is 8.91. The minimum atomic E-state index is -0.139. The molecule has 27 heavy (non-hydrogen) atoms. The Morgan fingerprint density at radius 2 is 2.04 bits per heavy atom. The molecule has 3 aromatic rings. The Bertz CT molecular complexity index is 1080. The molecule has 7 heteroatoms. The van der Waals surface area contributed by atoms with E-state index in [9.17, 15) is 4.79 Å². The van der Waals surface area contributed by atoms with Crippen LogP contribution in [0.15, 0.2) is 35.3 Å². The van der Waals surface area contributed by atoms with E-state index in [4.69, 9.17) is 9.73 Å². The van der Waals surface area contributed by atoms with Gasteiger partial charge < -0.3 is 4.74 Å². The van der Waals surface area contributed by atoms with Crippen LogP contribution in [0.5, 0.6) is 0 Å². The number of aryl methyl sites for hydroxylation is 1. The lowest BCUT2D eigenvalue weighted by Gasteiger charge is -2.11. The Hall–Kier alpha value is -2.80. The first-order chi connectivity index (χ1) is 13.2. The molecule has 136 valence electrons. The summed E-state index contributed by atoms with van der Waals surface area (Å²) in [6.45, 7) is 2.46. The van der Waals surface area contributed by atoms with Crippen LogP contribution in [0.3, 0.4) is 0 Å². The molecule has 2 aromatic heterocycles. The predicted octanol–water partition coefficient (Wildman–Crippen LogP) is 2.88. The van der Waals surface area contributed by atoms with E-state index < -0.39 is 0 Å². The molecule has 6 nitrogen and oxygen atoms in total. The van der Waals surface area contributed by atoms with Crippen LogP contribution in [-0.2, 0) is 28.9 Å². The number of methoxy groups -OCH3 is 1. The fourth-order valence-corrected chi connectivity index (χ4v) is 5.47. The van der Waals surface area contributed by atoms with Crippen molar-refractivity contribution in [2.45, 2.75) is 26.3 Å². The normalized spacial score (nSPS) is 17.6. The van der Waals surface area contributed by atoms with Crippen molar-refractivity contribution in [2.75, 3.05) is 7.11 Å². The Kier molecular flexibility index (Phi) is 3.72. The number of aliphatic imine (C=N–C) groups is 1. The molecule has 1 aromatic carbocycles. The second kappa shape index (κ2) is 6.13. The molecular formula is C20H18N4O2S. The zero-order valence-corrected chi connectivity index (χ0v) is 15.9. The number of rotatable bonds is 2. The van der Waals surface area contributed by atoms with Crippen molar-refractivity contribution < 1.29 is 9.53 Å². The third-order valence-corrected chi connectivity index (χ3v) is 6.49. The summed E-state index contributed by atoms with van der Waals surface area (Å²) in [5.74, 6) is 1.47. The van der Waals surface area contributed by atoms with Crippen LogP contribution in [0.2, 0.25) is 0 Å². The van der Waals surface area contributed by atoms with E-state index in [-0.39, 0.29) is 11.9 Å². The first-order valence-corrected chi connectivity index (χ1v) is 9.73. The van der Waals surface area contributed by atoms with Gasteiger partial charge in [-0.3, -0.25) is 14.4 Å². The van der Waals surface area contributed by atoms with E-state index in [0.29, 0.717) is 13.0 Å². The molecule has 1 aliphatic heterocycles. The molecule has 0 saturated carbocycles. The molecule has 0 bridgehead atoms. The lowest BCUT2D eigenvalue weighted by atomic mass is 9.98. The second-order valence-corrected chi connectivity index (χ2v) is 7.93. The average Bonchev–Trinajstić information content (AvgIpc) is 3.32. The van der Waals surface area contributed by atoms with E-state index in [2.05, 4.69) is 26.9 Å². The van der Waals surface area contributed by atoms with Crippen molar-refractivity contribution >= 4 is 23.0 Å². The average molecular weight is 378 g/mol. The highest BCUT2D eigenvalue weighted by molar-refractivity contribution is 7.15. The van der Waals surface area contributed by atoms with Gasteiger partial charge in [0.15, 0.2) is 5.82 Å². The SMILES string of the molecule is COC(=O)C1Cc2sc3c(c2C1)C(c1ccccc1)=NCc1nnc(C)n1-3. The van der Waals surface area contributed by atoms with E-state index in [1.165, 1.54) is 17.6 Å². The lowest BCUT2D eigenvalue weighted by molar-refractivity contribution is -0.145. The van der Waals surface area contributed by atoms with Gasteiger partial charge in [0.25, 0.3) is 0 Å². The molecule has 3 heterocycles. The highest BCUT2D eigenvalue weighted by Gasteiger charge is 2.36. The highest BCUT2D eigenvalue weighted by atomic mass is 32.1. The first kappa shape index (κ1) is 16.4. The molecule has 0 spiro atoms. The van der Waals surface area contributed by atoms with Gasteiger partial charge in [0.1, 0.15) is 17.4 Å². The molecule has 0 amide bonds. The Morgan fingerprint density at radius 1 is 1.22 bits per heavy atom. The minimum Gasteiger partial charge on any atom is -0.469 e. The van der Waals surface area contributed by atoms with E-state index in [1.54, 1.807) is 11.3 Å². The van der Waals surface area contributed by atoms with Crippen LogP contribution in [0, 0.1) is 12.8 Å². The van der Waals surface area contributed by atoms with Gasteiger partial charge in [0.05, 0.1) is 18.7 Å². The summed E-state index contributed by atoms with van der Waals surface area (Å²) in [5, 5.41) is 9.68. The maximum atomic E-state index is 12.1. The van der Waals surface area contributed by atoms with Crippen molar-refractivity contribution in [2.24, 2.45) is 10.9 Å². The molecule has 0 radical (unpaired) electrons. The van der Waals surface area contributed by atoms with Gasteiger partial charge in [0.2, 0.25) is 0 Å². The van der Waals surface area contributed by atoms with Crippen molar-refractivity contribution in [1.29, 1.82) is 0 Å². The van der Waals surface area contributed by atoms with Crippen LogP contribution in [0.25, 0.3) is 5.00 Å². The van der Waals surface area contributed by atoms with Crippen molar-refractivity contribution in [3.8, 4) is 5.00 Å². The maximum absolute atomic E-state index is 12.1. The van der Waals surface area contributed by atoms with Gasteiger partial charge in [0, 0.05) is 16.0 Å². The molecular weight excluding hydrogens is 360 g/mol. The number of hydrogen-bond acceptors (Lipinski definition) is 6. The van der Waals surface area contributed by atoms with Crippen LogP contribution in [0.1, 0.15) is 33.2 Å². The van der Waals surface area contributed by atoms with Crippen molar-refractivity contribution in [3.63, 3.8) is 0 Å². The number of fused-ring (bicyclic) bond motifs is 5. The van der Waals surface area contributed by atoms with Gasteiger partial charge in [-0.1, -0.05) is 30.3 Å². The van der Waals surface area contributed by atoms with Gasteiger partial charge in [-0.2, -0.15) is 0 Å². The largest absolute Gasteiger partial charge is 0.469 e. The molecule has 5 rings (SSSR count). The topological polar surface area (TPSA) is 69.4 Å². The van der Waals surface area contributed by atoms with Crippen LogP contribution < -0.4 is 0 Å². The second-order valence-electron chi connectivity index (χ2n) is 6.84. The molecule has 1 aliphatic carbocycles. The molecule has 1 unspecified atom stereocenters. The summed E-state index contributed by atoms with van der Waals surface area (Å²) in [4.78, 5) is 18.3. The van der Waals surface area contributed by atoms with Gasteiger partial charge in [-0.15, -0.1) is 21.5 Å². The number of thiophene rings is 1. The predicted molar refractivity (Wildman–Crippen MR) is 103 cm³/mol. The van der Waals surface area contributed by atoms with Crippen LogP contribution >= 0.6 is 11.3 Å². The molecule has 2 aliphatic rings. The molecule has 0 fully saturated rings. The van der Waals surface area contributed by atoms with Crippen molar-refractivity contribution in [3.05, 3.63) is 63.5 Å². The standard InChI is InChI=1S/C20H18N4O2S/c1-11-22-23-16-10-21-18(12-6-4-3-5-7-12)17-14-8-13(20(25)26-2)9-15(14)27-19(17)24(11)16/h3-7,13H,8-10H2,1-2H3. The zero-order chi connectivity index (χ0) is 18.5. The molecule has 0 saturated heterocycles. The number of nitrogens with zero attached hydrogens (tertiary/aromatic N) is 4. The van der Waals surface area contributed by atoms with E-state index >= 15 is 0 Å². The zero-order valence-electron chi connectivity index (χ0n) is 15.1. The number of aromatic nitrogens is 3. The smallest absolute Gasteiger partial charge is 0.309 e. The van der Waals surface area contributed by atoms with E-state index in [0.717, 1.165) is 39.9 Å². The summed E-state index contributed by atoms with van der Waals surface area (Å²) in [5.41, 5.74) is 4.39. The third kappa shape index (κ3) is 2.45. The number of esters is 1. The number of ether oxygens (including phenoxy) is 1. The Labute approximate surface area is 160 Å². The quantitative estimate of drug-likeness (QED) is 0.643. The van der Waals surface area contributed by atoms with Crippen LogP contribution in [-0.4, -0.2) is 33.6 Å². The maximum Gasteiger partial charge on any atom is 0.309 e. The number of benzene rings is 1. The fraction of sp³-hybridized carbons (Fsp3) is 0.300. The summed E-state index contributed by atoms with van der Waals surface area (Å²) in [6.07, 6.45) is 1.41. The monoisotopic (exact) mass is 378 g/mol. The van der Waals surface area contributed by atoms with Crippen LogP contribution in [0.4, 0.5) is 0 Å². The molecule has 1 atom stereocenters. The number of hydrogen-bond donors (Lipinski definition) is 0. The van der Waals surface area contributed by atoms with E-state index in [1.807, 2.05) is 25.1 Å². The van der Waals surface area contributed by atoms with Crippen molar-refractivity contribution in [1.82, 2.24) is 14.8 Å². The number of carbonyl (C=O) groups excluding carboxylic acids is 1. The fourth-order valence-electron chi connectivity index (χ4n) is 3.99. The Morgan fingerprint density at radius 3 is 2.81 bits per heavy atom.